The fraction of sp³-hybridized carbons (Fsp3) is 0.480. The minimum atomic E-state index is -0.352. The lowest BCUT2D eigenvalue weighted by atomic mass is 10.1. The minimum absolute atomic E-state index is 0.128. The summed E-state index contributed by atoms with van der Waals surface area (Å²) in [6.07, 6.45) is 3.18. The second-order valence-electron chi connectivity index (χ2n) is 8.23. The van der Waals surface area contributed by atoms with Crippen LogP contribution in [-0.4, -0.2) is 44.8 Å². The van der Waals surface area contributed by atoms with E-state index in [0.717, 1.165) is 24.9 Å². The van der Waals surface area contributed by atoms with Crippen LogP contribution in [0.15, 0.2) is 36.4 Å². The number of nitrogens with zero attached hydrogens (tertiary/aromatic N) is 2. The molecule has 3 rings (SSSR count). The summed E-state index contributed by atoms with van der Waals surface area (Å²) in [5, 5.41) is 0. The lowest BCUT2D eigenvalue weighted by molar-refractivity contribution is 0.177. The second kappa shape index (κ2) is 11.1. The maximum atomic E-state index is 13.8. The number of urea groups is 1. The zero-order chi connectivity index (χ0) is 23.1. The highest BCUT2D eigenvalue weighted by atomic mass is 19.1. The fourth-order valence-electron chi connectivity index (χ4n) is 3.98. The number of benzene rings is 2. The minimum Gasteiger partial charge on any atom is -0.496 e. The van der Waals surface area contributed by atoms with Crippen molar-refractivity contribution in [3.63, 3.8) is 0 Å². The summed E-state index contributed by atoms with van der Waals surface area (Å²) in [5.74, 6) is 1.73. The number of anilines is 1. The Kier molecular flexibility index (Phi) is 8.20. The largest absolute Gasteiger partial charge is 0.496 e. The molecular weight excluding hydrogens is 411 g/mol. The molecule has 1 atom stereocenters. The first-order valence-electron chi connectivity index (χ1n) is 11.2. The van der Waals surface area contributed by atoms with Gasteiger partial charge in [-0.2, -0.15) is 0 Å². The molecule has 32 heavy (non-hydrogen) atoms. The Labute approximate surface area is 189 Å². The number of rotatable bonds is 10. The molecule has 0 aromatic heterocycles. The third-order valence-corrected chi connectivity index (χ3v) is 5.60. The zero-order valence-electron chi connectivity index (χ0n) is 19.4. The van der Waals surface area contributed by atoms with Gasteiger partial charge in [-0.05, 0) is 42.7 Å². The van der Waals surface area contributed by atoms with Gasteiger partial charge in [-0.3, -0.25) is 4.90 Å². The molecule has 0 N–H and O–H groups in total. The van der Waals surface area contributed by atoms with Crippen LogP contribution in [0.4, 0.5) is 14.9 Å². The van der Waals surface area contributed by atoms with E-state index < -0.39 is 0 Å². The Morgan fingerprint density at radius 1 is 1.00 bits per heavy atom. The van der Waals surface area contributed by atoms with Crippen molar-refractivity contribution in [2.45, 2.75) is 39.7 Å². The first kappa shape index (κ1) is 23.7. The molecule has 0 saturated carbocycles. The summed E-state index contributed by atoms with van der Waals surface area (Å²) in [5.41, 5.74) is 1.40. The molecule has 0 bridgehead atoms. The number of amides is 2. The van der Waals surface area contributed by atoms with Crippen LogP contribution in [-0.2, 0) is 6.54 Å². The van der Waals surface area contributed by atoms with Gasteiger partial charge in [0.2, 0.25) is 0 Å². The lowest BCUT2D eigenvalue weighted by Gasteiger charge is -2.39. The number of unbranched alkanes of at least 4 members (excludes halogenated alkanes) is 2. The molecule has 0 aliphatic carbocycles. The van der Waals surface area contributed by atoms with Crippen molar-refractivity contribution in [3.05, 3.63) is 47.8 Å². The first-order chi connectivity index (χ1) is 15.5. The van der Waals surface area contributed by atoms with Gasteiger partial charge in [0.1, 0.15) is 11.6 Å². The van der Waals surface area contributed by atoms with Crippen LogP contribution in [0.3, 0.4) is 0 Å². The van der Waals surface area contributed by atoms with Crippen LogP contribution in [0.5, 0.6) is 17.2 Å². The van der Waals surface area contributed by atoms with Crippen LogP contribution in [0, 0.1) is 11.7 Å². The summed E-state index contributed by atoms with van der Waals surface area (Å²) in [4.78, 5) is 16.9. The predicted octanol–water partition coefficient (Wildman–Crippen LogP) is 5.49. The Hall–Kier alpha value is -2.96. The Balaban J connectivity index is 1.82. The maximum Gasteiger partial charge on any atom is 0.324 e. The molecule has 0 unspecified atom stereocenters. The van der Waals surface area contributed by atoms with E-state index >= 15 is 0 Å². The van der Waals surface area contributed by atoms with Gasteiger partial charge in [-0.15, -0.1) is 0 Å². The Morgan fingerprint density at radius 3 is 2.47 bits per heavy atom. The molecule has 7 heteroatoms. The monoisotopic (exact) mass is 444 g/mol. The molecule has 1 aliphatic heterocycles. The van der Waals surface area contributed by atoms with E-state index in [-0.39, 0.29) is 24.3 Å². The van der Waals surface area contributed by atoms with Crippen LogP contribution in [0.25, 0.3) is 0 Å². The van der Waals surface area contributed by atoms with Crippen LogP contribution >= 0.6 is 0 Å². The van der Waals surface area contributed by atoms with Crippen LogP contribution in [0.1, 0.15) is 38.7 Å². The Bertz CT molecular complexity index is 921. The summed E-state index contributed by atoms with van der Waals surface area (Å²) in [7, 11) is 3.15. The van der Waals surface area contributed by atoms with E-state index in [1.54, 1.807) is 30.1 Å². The highest BCUT2D eigenvalue weighted by molar-refractivity contribution is 5.93. The fourth-order valence-corrected chi connectivity index (χ4v) is 3.98. The molecule has 0 spiro atoms. The van der Waals surface area contributed by atoms with Gasteiger partial charge in [-0.25, -0.2) is 9.18 Å². The molecule has 2 aromatic carbocycles. The topological polar surface area (TPSA) is 51.2 Å². The van der Waals surface area contributed by atoms with Gasteiger partial charge >= 0.3 is 6.03 Å². The van der Waals surface area contributed by atoms with Crippen molar-refractivity contribution in [3.8, 4) is 17.2 Å². The van der Waals surface area contributed by atoms with Crippen molar-refractivity contribution in [1.29, 1.82) is 0 Å². The SMILES string of the molecule is CCCCCOc1cc(N2C[C@@H](C)CN(Cc3cc(F)ccc3OC)C2=O)ccc1OC. The van der Waals surface area contributed by atoms with Gasteiger partial charge in [0.15, 0.2) is 11.5 Å². The maximum absolute atomic E-state index is 13.8. The van der Waals surface area contributed by atoms with Gasteiger partial charge in [-0.1, -0.05) is 26.7 Å². The van der Waals surface area contributed by atoms with Gasteiger partial charge < -0.3 is 19.1 Å². The van der Waals surface area contributed by atoms with Crippen molar-refractivity contribution < 1.29 is 23.4 Å². The Morgan fingerprint density at radius 2 is 1.75 bits per heavy atom. The van der Waals surface area contributed by atoms with Crippen molar-refractivity contribution in [1.82, 2.24) is 4.90 Å². The molecule has 2 aromatic rings. The smallest absolute Gasteiger partial charge is 0.324 e. The second-order valence-corrected chi connectivity index (χ2v) is 8.23. The van der Waals surface area contributed by atoms with Gasteiger partial charge in [0.25, 0.3) is 0 Å². The summed E-state index contributed by atoms with van der Waals surface area (Å²) in [6, 6.07) is 9.80. The van der Waals surface area contributed by atoms with E-state index in [1.165, 1.54) is 12.1 Å². The molecule has 1 fully saturated rings. The normalized spacial score (nSPS) is 16.3. The average Bonchev–Trinajstić information content (AvgIpc) is 2.79. The standard InChI is InChI=1S/C25H33FN2O4/c1-5-6-7-12-32-24-14-21(9-11-23(24)31-4)28-16-18(2)15-27(25(28)29)17-19-13-20(26)8-10-22(19)30-3/h8-11,13-14,18H,5-7,12,15-17H2,1-4H3/t18-/m0/s1. The molecule has 1 saturated heterocycles. The van der Waals surface area contributed by atoms with Crippen LogP contribution in [0.2, 0.25) is 0 Å². The van der Waals surface area contributed by atoms with E-state index in [0.29, 0.717) is 42.5 Å². The number of methoxy groups -OCH3 is 2. The lowest BCUT2D eigenvalue weighted by Crippen LogP contribution is -2.52. The highest BCUT2D eigenvalue weighted by Crippen LogP contribution is 2.34. The molecular formula is C25H33FN2O4. The molecule has 1 aliphatic rings. The van der Waals surface area contributed by atoms with Gasteiger partial charge in [0.05, 0.1) is 27.4 Å². The van der Waals surface area contributed by atoms with Crippen molar-refractivity contribution in [2.75, 3.05) is 38.8 Å². The zero-order valence-corrected chi connectivity index (χ0v) is 19.4. The number of hydrogen-bond acceptors (Lipinski definition) is 4. The number of hydrogen-bond donors (Lipinski definition) is 0. The number of halogens is 1. The van der Waals surface area contributed by atoms with E-state index in [4.69, 9.17) is 14.2 Å². The number of ether oxygens (including phenoxy) is 3. The van der Waals surface area contributed by atoms with E-state index in [9.17, 15) is 9.18 Å². The van der Waals surface area contributed by atoms with Gasteiger partial charge in [0, 0.05) is 30.4 Å². The quantitative estimate of drug-likeness (QED) is 0.455. The van der Waals surface area contributed by atoms with Crippen molar-refractivity contribution in [2.24, 2.45) is 5.92 Å². The molecule has 2 amide bonds. The number of carbonyl (C=O) groups excluding carboxylic acids is 1. The molecule has 6 nitrogen and oxygen atoms in total. The molecule has 174 valence electrons. The van der Waals surface area contributed by atoms with E-state index in [2.05, 4.69) is 13.8 Å². The first-order valence-corrected chi connectivity index (χ1v) is 11.2. The number of carbonyl (C=O) groups is 1. The predicted molar refractivity (Wildman–Crippen MR) is 123 cm³/mol. The van der Waals surface area contributed by atoms with E-state index in [1.807, 2.05) is 18.2 Å². The molecule has 0 radical (unpaired) electrons. The average molecular weight is 445 g/mol. The third kappa shape index (κ3) is 5.64. The summed E-state index contributed by atoms with van der Waals surface area (Å²) < 4.78 is 30.6. The van der Waals surface area contributed by atoms with Crippen molar-refractivity contribution >= 4 is 11.7 Å². The molecule has 1 heterocycles. The summed E-state index contributed by atoms with van der Waals surface area (Å²) in [6.45, 7) is 6.31. The van der Waals surface area contributed by atoms with Crippen LogP contribution < -0.4 is 19.1 Å². The highest BCUT2D eigenvalue weighted by Gasteiger charge is 2.32. The third-order valence-electron chi connectivity index (χ3n) is 5.60. The summed E-state index contributed by atoms with van der Waals surface area (Å²) >= 11 is 0.